The van der Waals surface area contributed by atoms with Gasteiger partial charge in [-0.05, 0) is 36.8 Å². The third-order valence-electron chi connectivity index (χ3n) is 5.69. The van der Waals surface area contributed by atoms with Crippen LogP contribution in [0, 0.1) is 11.7 Å². The Bertz CT molecular complexity index is 1080. The van der Waals surface area contributed by atoms with Crippen molar-refractivity contribution in [1.82, 2.24) is 4.98 Å². The minimum absolute atomic E-state index is 0.0811. The molecule has 0 saturated carbocycles. The van der Waals surface area contributed by atoms with Crippen LogP contribution in [0.5, 0.6) is 0 Å². The molecule has 12 heteroatoms. The number of halogens is 5. The predicted molar refractivity (Wildman–Crippen MR) is 113 cm³/mol. The monoisotopic (exact) mass is 486 g/mol. The summed E-state index contributed by atoms with van der Waals surface area (Å²) in [6.45, 7) is -0.753. The summed E-state index contributed by atoms with van der Waals surface area (Å²) in [6.07, 6.45) is -4.30. The van der Waals surface area contributed by atoms with Crippen molar-refractivity contribution in [2.24, 2.45) is 16.6 Å². The Kier molecular flexibility index (Phi) is 6.32. The quantitative estimate of drug-likeness (QED) is 0.635. The largest absolute Gasteiger partial charge is 0.417 e. The molecule has 6 nitrogen and oxygen atoms in total. The third kappa shape index (κ3) is 4.67. The number of nitrogens with two attached hydrogens (primary N) is 1. The number of hydrogen-bond acceptors (Lipinski definition) is 6. The number of benzene rings is 1. The molecule has 0 radical (unpaired) electrons. The van der Waals surface area contributed by atoms with E-state index in [4.69, 9.17) is 10.5 Å². The molecule has 3 heterocycles. The second kappa shape index (κ2) is 8.90. The van der Waals surface area contributed by atoms with Gasteiger partial charge in [0.05, 0.1) is 18.3 Å². The lowest BCUT2D eigenvalue weighted by Gasteiger charge is -2.46. The molecule has 0 spiro atoms. The van der Waals surface area contributed by atoms with Gasteiger partial charge in [0.25, 0.3) is 5.91 Å². The predicted octanol–water partition coefficient (Wildman–Crippen LogP) is 4.12. The van der Waals surface area contributed by atoms with Crippen LogP contribution in [0.1, 0.15) is 28.0 Å². The Labute approximate surface area is 189 Å². The van der Waals surface area contributed by atoms with E-state index in [2.05, 4.69) is 15.3 Å². The molecule has 0 aliphatic carbocycles. The number of ether oxygens (including phenoxy) is 1. The first-order valence-electron chi connectivity index (χ1n) is 9.92. The highest BCUT2D eigenvalue weighted by atomic mass is 32.2. The second-order valence-corrected chi connectivity index (χ2v) is 8.82. The van der Waals surface area contributed by atoms with E-state index in [0.29, 0.717) is 18.4 Å². The number of thioether (sulfide) groups is 1. The van der Waals surface area contributed by atoms with E-state index in [1.54, 1.807) is 0 Å². The molecule has 176 valence electrons. The highest BCUT2D eigenvalue weighted by Crippen LogP contribution is 2.47. The highest BCUT2D eigenvalue weighted by molar-refractivity contribution is 8.13. The van der Waals surface area contributed by atoms with Crippen molar-refractivity contribution < 1.29 is 31.5 Å². The van der Waals surface area contributed by atoms with Crippen LogP contribution >= 0.6 is 11.8 Å². The number of nitrogens with one attached hydrogen (secondary N) is 1. The Morgan fingerprint density at radius 1 is 1.30 bits per heavy atom. The number of hydrogen-bond donors (Lipinski definition) is 2. The van der Waals surface area contributed by atoms with Crippen molar-refractivity contribution in [2.45, 2.75) is 24.2 Å². The molecule has 2 aliphatic heterocycles. The number of rotatable bonds is 4. The molecule has 0 unspecified atom stereocenters. The number of alkyl halides is 4. The number of aliphatic imine (C=N–C) groups is 1. The van der Waals surface area contributed by atoms with Crippen LogP contribution in [-0.2, 0) is 16.5 Å². The average molecular weight is 486 g/mol. The first kappa shape index (κ1) is 23.4. The Morgan fingerprint density at radius 2 is 2.09 bits per heavy atom. The van der Waals surface area contributed by atoms with Crippen molar-refractivity contribution in [3.63, 3.8) is 0 Å². The first-order chi connectivity index (χ1) is 15.6. The minimum atomic E-state index is -4.58. The maximum Gasteiger partial charge on any atom is 0.417 e. The van der Waals surface area contributed by atoms with Gasteiger partial charge in [-0.1, -0.05) is 11.8 Å². The van der Waals surface area contributed by atoms with Crippen LogP contribution in [0.25, 0.3) is 0 Å². The fourth-order valence-corrected chi connectivity index (χ4v) is 4.99. The smallest absolute Gasteiger partial charge is 0.379 e. The molecule has 1 amide bonds. The first-order valence-corrected chi connectivity index (χ1v) is 10.9. The van der Waals surface area contributed by atoms with Crippen LogP contribution in [0.3, 0.4) is 0 Å². The fourth-order valence-electron chi connectivity index (χ4n) is 3.98. The van der Waals surface area contributed by atoms with E-state index in [-0.39, 0.29) is 34.6 Å². The molecule has 1 aromatic heterocycles. The van der Waals surface area contributed by atoms with Crippen LogP contribution in [0.4, 0.5) is 27.6 Å². The fraction of sp³-hybridized carbons (Fsp3) is 0.381. The van der Waals surface area contributed by atoms with Gasteiger partial charge in [-0.2, -0.15) is 13.2 Å². The molecule has 2 aromatic rings. The molecule has 2 aliphatic rings. The zero-order chi connectivity index (χ0) is 23.8. The van der Waals surface area contributed by atoms with Crippen molar-refractivity contribution in [1.29, 1.82) is 0 Å². The molecule has 33 heavy (non-hydrogen) atoms. The Balaban J connectivity index is 1.62. The third-order valence-corrected chi connectivity index (χ3v) is 6.65. The summed E-state index contributed by atoms with van der Waals surface area (Å²) in [5.74, 6) is -1.12. The lowest BCUT2D eigenvalue weighted by atomic mass is 9.75. The van der Waals surface area contributed by atoms with Crippen molar-refractivity contribution in [3.05, 3.63) is 59.2 Å². The van der Waals surface area contributed by atoms with Gasteiger partial charge in [0.2, 0.25) is 0 Å². The summed E-state index contributed by atoms with van der Waals surface area (Å²) in [7, 11) is 0. The summed E-state index contributed by atoms with van der Waals surface area (Å²) in [6, 6.07) is 5.54. The summed E-state index contributed by atoms with van der Waals surface area (Å²) in [5.41, 5.74) is 3.83. The van der Waals surface area contributed by atoms with Crippen molar-refractivity contribution in [2.75, 3.05) is 24.4 Å². The number of amides is 1. The van der Waals surface area contributed by atoms with E-state index in [1.165, 1.54) is 23.9 Å². The Hall–Kier alpha value is -2.73. The highest BCUT2D eigenvalue weighted by Gasteiger charge is 2.49. The number of nitrogens with zero attached hydrogens (tertiary/aromatic N) is 2. The maximum absolute atomic E-state index is 15.0. The number of amidine groups is 1. The van der Waals surface area contributed by atoms with Crippen molar-refractivity contribution in [3.8, 4) is 0 Å². The van der Waals surface area contributed by atoms with Gasteiger partial charge in [0.15, 0.2) is 5.17 Å². The molecule has 1 fully saturated rings. The normalized spacial score (nSPS) is 25.2. The van der Waals surface area contributed by atoms with E-state index in [0.717, 1.165) is 18.2 Å². The second-order valence-electron chi connectivity index (χ2n) is 7.78. The summed E-state index contributed by atoms with van der Waals surface area (Å²) >= 11 is 1.30. The lowest BCUT2D eigenvalue weighted by Crippen LogP contribution is -2.50. The Morgan fingerprint density at radius 3 is 2.76 bits per heavy atom. The van der Waals surface area contributed by atoms with Gasteiger partial charge in [-0.15, -0.1) is 0 Å². The molecule has 4 rings (SSSR count). The van der Waals surface area contributed by atoms with Gasteiger partial charge in [-0.25, -0.2) is 13.8 Å². The molecular weight excluding hydrogens is 467 g/mol. The van der Waals surface area contributed by atoms with Gasteiger partial charge < -0.3 is 15.8 Å². The van der Waals surface area contributed by atoms with E-state index in [9.17, 15) is 26.7 Å². The number of fused-ring (bicyclic) bond motifs is 1. The molecule has 3 N–H and O–H groups in total. The molecule has 0 bridgehead atoms. The zero-order valence-corrected chi connectivity index (χ0v) is 17.9. The van der Waals surface area contributed by atoms with E-state index < -0.39 is 41.8 Å². The SMILES string of the molecule is NC1=N[C@@]2(c3cc(NC(=O)c4ccc(C(F)(F)F)cn4)ccc3F)CO[C@@H](CF)C[C@H]2CS1. The lowest BCUT2D eigenvalue weighted by molar-refractivity contribution is -0.137. The van der Waals surface area contributed by atoms with Crippen LogP contribution < -0.4 is 11.1 Å². The molecule has 1 aromatic carbocycles. The van der Waals surface area contributed by atoms with Gasteiger partial charge in [-0.3, -0.25) is 9.78 Å². The average Bonchev–Trinajstić information content (AvgIpc) is 2.79. The number of pyridine rings is 1. The topological polar surface area (TPSA) is 89.6 Å². The van der Waals surface area contributed by atoms with Gasteiger partial charge in [0, 0.05) is 29.1 Å². The van der Waals surface area contributed by atoms with Crippen LogP contribution in [0.15, 0.2) is 41.5 Å². The minimum Gasteiger partial charge on any atom is -0.379 e. The van der Waals surface area contributed by atoms with E-state index in [1.807, 2.05) is 0 Å². The maximum atomic E-state index is 15.0. The summed E-state index contributed by atoms with van der Waals surface area (Å²) in [5, 5.41) is 2.76. The number of carbonyl (C=O) groups excluding carboxylic acids is 1. The van der Waals surface area contributed by atoms with E-state index >= 15 is 0 Å². The number of anilines is 1. The number of aromatic nitrogens is 1. The molecule has 3 atom stereocenters. The molecule has 1 saturated heterocycles. The van der Waals surface area contributed by atoms with Crippen molar-refractivity contribution >= 4 is 28.5 Å². The summed E-state index contributed by atoms with van der Waals surface area (Å²) < 4.78 is 71.9. The standard InChI is InChI=1S/C21H19F5N4O2S/c22-7-14-5-12-9-33-19(27)30-20(12,10-32-14)15-6-13(2-3-16(15)23)29-18(31)17-4-1-11(8-28-17)21(24,25)26/h1-4,6,8,12,14H,5,7,9-10H2,(H2,27,30)(H,29,31)/t12-,14+,20-/m0/s1. The van der Waals surface area contributed by atoms with Crippen LogP contribution in [-0.4, -0.2) is 41.2 Å². The molecular formula is C21H19F5N4O2S. The number of carbonyl (C=O) groups is 1. The van der Waals surface area contributed by atoms with Gasteiger partial charge in [0.1, 0.15) is 23.7 Å². The van der Waals surface area contributed by atoms with Crippen LogP contribution in [0.2, 0.25) is 0 Å². The van der Waals surface area contributed by atoms with Gasteiger partial charge >= 0.3 is 6.18 Å². The summed E-state index contributed by atoms with van der Waals surface area (Å²) in [4.78, 5) is 20.5. The zero-order valence-electron chi connectivity index (χ0n) is 17.0.